The van der Waals surface area contributed by atoms with Crippen LogP contribution in [0.1, 0.15) is 50.3 Å². The molecule has 1 aromatic carbocycles. The summed E-state index contributed by atoms with van der Waals surface area (Å²) in [6.45, 7) is 4.80. The van der Waals surface area contributed by atoms with Crippen molar-refractivity contribution < 1.29 is 14.3 Å². The van der Waals surface area contributed by atoms with E-state index < -0.39 is 0 Å². The topological polar surface area (TPSA) is 113 Å². The van der Waals surface area contributed by atoms with Crippen LogP contribution in [0.4, 0.5) is 5.69 Å². The standard InChI is InChI=1S/C22H24N6O3/c1-13-18(21(29)26-16-4-6-17(31-3)7-5-16)10-23-20(25-13)15-8-9-28(12-15)22(30)19-11-24-27-14(19)2/h4-7,10-11,15H,8-9,12H2,1-3H3,(H,24,27)(H,26,29). The molecule has 9 heteroatoms. The van der Waals surface area contributed by atoms with Crippen molar-refractivity contribution in [2.45, 2.75) is 26.2 Å². The Hall–Kier alpha value is -3.75. The number of aromatic amines is 1. The fourth-order valence-electron chi connectivity index (χ4n) is 3.67. The van der Waals surface area contributed by atoms with Gasteiger partial charge in [0, 0.05) is 36.6 Å². The van der Waals surface area contributed by atoms with Gasteiger partial charge in [0.2, 0.25) is 0 Å². The number of H-pyrrole nitrogens is 1. The molecular formula is C22H24N6O3. The lowest BCUT2D eigenvalue weighted by Crippen LogP contribution is -2.29. The van der Waals surface area contributed by atoms with Crippen LogP contribution in [0, 0.1) is 13.8 Å². The van der Waals surface area contributed by atoms with Crippen molar-refractivity contribution in [3.8, 4) is 5.75 Å². The van der Waals surface area contributed by atoms with E-state index in [2.05, 4.69) is 25.5 Å². The number of likely N-dealkylation sites (tertiary alicyclic amines) is 1. The first-order chi connectivity index (χ1) is 15.0. The van der Waals surface area contributed by atoms with E-state index in [1.807, 2.05) is 6.92 Å². The van der Waals surface area contributed by atoms with Gasteiger partial charge in [-0.05, 0) is 44.5 Å². The minimum absolute atomic E-state index is 0.0357. The van der Waals surface area contributed by atoms with Crippen LogP contribution in [0.2, 0.25) is 0 Å². The van der Waals surface area contributed by atoms with E-state index in [1.165, 1.54) is 0 Å². The number of hydrogen-bond acceptors (Lipinski definition) is 6. The molecule has 31 heavy (non-hydrogen) atoms. The van der Waals surface area contributed by atoms with Crippen LogP contribution in [-0.2, 0) is 0 Å². The van der Waals surface area contributed by atoms with E-state index in [0.717, 1.165) is 12.1 Å². The number of carbonyl (C=O) groups excluding carboxylic acids is 2. The van der Waals surface area contributed by atoms with Gasteiger partial charge in [-0.25, -0.2) is 9.97 Å². The van der Waals surface area contributed by atoms with Crippen molar-refractivity contribution >= 4 is 17.5 Å². The first-order valence-corrected chi connectivity index (χ1v) is 10.0. The second-order valence-corrected chi connectivity index (χ2v) is 7.56. The van der Waals surface area contributed by atoms with Crippen LogP contribution in [0.5, 0.6) is 5.75 Å². The van der Waals surface area contributed by atoms with E-state index >= 15 is 0 Å². The van der Waals surface area contributed by atoms with E-state index in [4.69, 9.17) is 4.74 Å². The summed E-state index contributed by atoms with van der Waals surface area (Å²) in [4.78, 5) is 36.1. The molecule has 3 heterocycles. The molecule has 2 amide bonds. The Kier molecular flexibility index (Phi) is 5.66. The maximum absolute atomic E-state index is 12.7. The Morgan fingerprint density at radius 3 is 2.58 bits per heavy atom. The second kappa shape index (κ2) is 8.55. The summed E-state index contributed by atoms with van der Waals surface area (Å²) in [6.07, 6.45) is 3.89. The molecule has 0 spiro atoms. The van der Waals surface area contributed by atoms with Crippen LogP contribution < -0.4 is 10.1 Å². The van der Waals surface area contributed by atoms with E-state index in [-0.39, 0.29) is 17.7 Å². The monoisotopic (exact) mass is 420 g/mol. The van der Waals surface area contributed by atoms with Crippen molar-refractivity contribution in [1.29, 1.82) is 0 Å². The highest BCUT2D eigenvalue weighted by Gasteiger charge is 2.31. The van der Waals surface area contributed by atoms with Crippen LogP contribution >= 0.6 is 0 Å². The zero-order valence-electron chi connectivity index (χ0n) is 17.7. The number of carbonyl (C=O) groups is 2. The molecule has 3 aromatic rings. The van der Waals surface area contributed by atoms with Crippen molar-refractivity contribution in [1.82, 2.24) is 25.1 Å². The van der Waals surface area contributed by atoms with Gasteiger partial charge < -0.3 is 15.0 Å². The lowest BCUT2D eigenvalue weighted by molar-refractivity contribution is 0.0789. The Balaban J connectivity index is 1.43. The van der Waals surface area contributed by atoms with Gasteiger partial charge in [0.05, 0.1) is 30.1 Å². The number of rotatable bonds is 5. The molecule has 1 fully saturated rings. The molecule has 1 aliphatic rings. The molecule has 1 saturated heterocycles. The molecule has 1 aliphatic heterocycles. The van der Waals surface area contributed by atoms with Gasteiger partial charge in [0.1, 0.15) is 11.6 Å². The average molecular weight is 420 g/mol. The Morgan fingerprint density at radius 2 is 1.94 bits per heavy atom. The number of aryl methyl sites for hydroxylation is 2. The number of nitrogens with zero attached hydrogens (tertiary/aromatic N) is 4. The third-order valence-electron chi connectivity index (χ3n) is 5.49. The summed E-state index contributed by atoms with van der Waals surface area (Å²) in [5.74, 6) is 1.09. The zero-order valence-corrected chi connectivity index (χ0v) is 17.7. The molecule has 9 nitrogen and oxygen atoms in total. The highest BCUT2D eigenvalue weighted by atomic mass is 16.5. The first-order valence-electron chi connectivity index (χ1n) is 10.0. The fourth-order valence-corrected chi connectivity index (χ4v) is 3.67. The molecule has 160 valence electrons. The van der Waals surface area contributed by atoms with Crippen LogP contribution in [0.15, 0.2) is 36.7 Å². The van der Waals surface area contributed by atoms with Crippen molar-refractivity contribution in [3.63, 3.8) is 0 Å². The van der Waals surface area contributed by atoms with E-state index in [9.17, 15) is 9.59 Å². The van der Waals surface area contributed by atoms with Gasteiger partial charge in [-0.2, -0.15) is 5.10 Å². The van der Waals surface area contributed by atoms with Crippen molar-refractivity contribution in [2.24, 2.45) is 0 Å². The molecule has 0 saturated carbocycles. The number of aromatic nitrogens is 4. The lowest BCUT2D eigenvalue weighted by Gasteiger charge is -2.16. The summed E-state index contributed by atoms with van der Waals surface area (Å²) in [5.41, 5.74) is 3.02. The van der Waals surface area contributed by atoms with Gasteiger partial charge in [-0.3, -0.25) is 14.7 Å². The summed E-state index contributed by atoms with van der Waals surface area (Å²) < 4.78 is 5.13. The number of benzene rings is 1. The van der Waals surface area contributed by atoms with Crippen molar-refractivity contribution in [2.75, 3.05) is 25.5 Å². The van der Waals surface area contributed by atoms with E-state index in [0.29, 0.717) is 47.2 Å². The maximum Gasteiger partial charge on any atom is 0.259 e. The molecule has 1 atom stereocenters. The second-order valence-electron chi connectivity index (χ2n) is 7.56. The Labute approximate surface area is 179 Å². The van der Waals surface area contributed by atoms with Gasteiger partial charge in [0.15, 0.2) is 0 Å². The fraction of sp³-hybridized carbons (Fsp3) is 0.318. The van der Waals surface area contributed by atoms with Crippen LogP contribution in [0.25, 0.3) is 0 Å². The molecule has 0 aliphatic carbocycles. The maximum atomic E-state index is 12.7. The summed E-state index contributed by atoms with van der Waals surface area (Å²) in [7, 11) is 1.59. The Bertz CT molecular complexity index is 1110. The smallest absolute Gasteiger partial charge is 0.259 e. The highest BCUT2D eigenvalue weighted by molar-refractivity contribution is 6.04. The molecule has 2 aromatic heterocycles. The number of anilines is 1. The Morgan fingerprint density at radius 1 is 1.16 bits per heavy atom. The van der Waals surface area contributed by atoms with E-state index in [1.54, 1.807) is 55.6 Å². The number of hydrogen-bond donors (Lipinski definition) is 2. The molecule has 2 N–H and O–H groups in total. The number of nitrogens with one attached hydrogen (secondary N) is 2. The lowest BCUT2D eigenvalue weighted by atomic mass is 10.1. The quantitative estimate of drug-likeness (QED) is 0.656. The minimum atomic E-state index is -0.270. The predicted molar refractivity (Wildman–Crippen MR) is 114 cm³/mol. The van der Waals surface area contributed by atoms with Crippen LogP contribution in [0.3, 0.4) is 0 Å². The molecule has 1 unspecified atom stereocenters. The molecule has 0 radical (unpaired) electrons. The zero-order chi connectivity index (χ0) is 22.0. The normalized spacial score (nSPS) is 15.7. The predicted octanol–water partition coefficient (Wildman–Crippen LogP) is 2.71. The van der Waals surface area contributed by atoms with Gasteiger partial charge in [0.25, 0.3) is 11.8 Å². The molecular weight excluding hydrogens is 396 g/mol. The van der Waals surface area contributed by atoms with Crippen LogP contribution in [-0.4, -0.2) is 57.1 Å². The van der Waals surface area contributed by atoms with Crippen molar-refractivity contribution in [3.05, 3.63) is 65.0 Å². The number of methoxy groups -OCH3 is 1. The van der Waals surface area contributed by atoms with Gasteiger partial charge in [-0.15, -0.1) is 0 Å². The highest BCUT2D eigenvalue weighted by Crippen LogP contribution is 2.27. The minimum Gasteiger partial charge on any atom is -0.497 e. The summed E-state index contributed by atoms with van der Waals surface area (Å²) >= 11 is 0. The third kappa shape index (κ3) is 4.25. The molecule has 4 rings (SSSR count). The largest absolute Gasteiger partial charge is 0.497 e. The first kappa shape index (κ1) is 20.5. The average Bonchev–Trinajstić information content (AvgIpc) is 3.43. The van der Waals surface area contributed by atoms with Gasteiger partial charge in [-0.1, -0.05) is 0 Å². The molecule has 0 bridgehead atoms. The van der Waals surface area contributed by atoms with Gasteiger partial charge >= 0.3 is 0 Å². The summed E-state index contributed by atoms with van der Waals surface area (Å²) in [6, 6.07) is 7.10. The summed E-state index contributed by atoms with van der Waals surface area (Å²) in [5, 5.41) is 9.57. The third-order valence-corrected chi connectivity index (χ3v) is 5.49. The SMILES string of the molecule is COc1ccc(NC(=O)c2cnc(C3CCN(C(=O)c4cn[nH]c4C)C3)nc2C)cc1. The number of ether oxygens (including phenoxy) is 1. The number of amides is 2.